The Balaban J connectivity index is 2.46. The number of hydrogen-bond donors (Lipinski definition) is 2. The maximum Gasteiger partial charge on any atom is 0.322 e. The van der Waals surface area contributed by atoms with Crippen LogP contribution in [0.1, 0.15) is 17.5 Å². The van der Waals surface area contributed by atoms with E-state index in [-0.39, 0.29) is 17.9 Å². The summed E-state index contributed by atoms with van der Waals surface area (Å²) in [7, 11) is -3.92. The van der Waals surface area contributed by atoms with Gasteiger partial charge in [0.2, 0.25) is 10.0 Å². The highest BCUT2D eigenvalue weighted by atomic mass is 32.2. The normalized spacial score (nSPS) is 23.9. The van der Waals surface area contributed by atoms with Gasteiger partial charge in [-0.3, -0.25) is 4.79 Å². The van der Waals surface area contributed by atoms with E-state index in [1.54, 1.807) is 13.8 Å². The monoisotopic (exact) mass is 299 g/mol. The summed E-state index contributed by atoms with van der Waals surface area (Å²) < 4.78 is 26.0. The van der Waals surface area contributed by atoms with E-state index in [2.05, 4.69) is 0 Å². The molecule has 0 aliphatic carbocycles. The number of aliphatic carboxylic acids is 1. The minimum absolute atomic E-state index is 0.0651. The van der Waals surface area contributed by atoms with Crippen molar-refractivity contribution in [1.82, 2.24) is 4.31 Å². The van der Waals surface area contributed by atoms with Crippen LogP contribution in [0.25, 0.3) is 0 Å². The second kappa shape index (κ2) is 5.16. The van der Waals surface area contributed by atoms with Gasteiger partial charge in [-0.2, -0.15) is 4.31 Å². The first-order valence-corrected chi connectivity index (χ1v) is 7.67. The van der Waals surface area contributed by atoms with Crippen LogP contribution in [0.5, 0.6) is 0 Å². The Kier molecular flexibility index (Phi) is 3.86. The quantitative estimate of drug-likeness (QED) is 0.848. The third kappa shape index (κ3) is 2.70. The Morgan fingerprint density at radius 2 is 1.80 bits per heavy atom. The minimum atomic E-state index is -3.92. The third-order valence-electron chi connectivity index (χ3n) is 3.32. The first-order chi connectivity index (χ1) is 9.21. The number of hydrogen-bond acceptors (Lipinski definition) is 4. The first kappa shape index (κ1) is 15.0. The molecule has 0 aromatic heterocycles. The molecule has 7 heteroatoms. The fourth-order valence-corrected chi connectivity index (χ4v) is 4.31. The second-order valence-electron chi connectivity index (χ2n) is 5.14. The Morgan fingerprint density at radius 3 is 2.30 bits per heavy atom. The average molecular weight is 299 g/mol. The molecule has 1 aliphatic heterocycles. The van der Waals surface area contributed by atoms with Crippen LogP contribution in [0.4, 0.5) is 0 Å². The summed E-state index contributed by atoms with van der Waals surface area (Å²) in [6.45, 7) is 3.37. The molecule has 2 N–H and O–H groups in total. The molecule has 0 unspecified atom stereocenters. The number of aliphatic hydroxyl groups is 1. The van der Waals surface area contributed by atoms with Crippen LogP contribution in [0.3, 0.4) is 0 Å². The van der Waals surface area contributed by atoms with Crippen LogP contribution in [0.15, 0.2) is 23.1 Å². The van der Waals surface area contributed by atoms with Gasteiger partial charge in [-0.1, -0.05) is 6.07 Å². The third-order valence-corrected chi connectivity index (χ3v) is 5.17. The Hall–Kier alpha value is -1.44. The van der Waals surface area contributed by atoms with Gasteiger partial charge in [-0.05, 0) is 37.1 Å². The Bertz CT molecular complexity index is 620. The van der Waals surface area contributed by atoms with E-state index in [1.165, 1.54) is 12.1 Å². The molecule has 2 atom stereocenters. The van der Waals surface area contributed by atoms with E-state index in [9.17, 15) is 18.3 Å². The van der Waals surface area contributed by atoms with Crippen molar-refractivity contribution >= 4 is 16.0 Å². The van der Waals surface area contributed by atoms with Gasteiger partial charge in [0.25, 0.3) is 0 Å². The molecular formula is C13H17NO5S. The molecule has 1 saturated heterocycles. The van der Waals surface area contributed by atoms with Crippen molar-refractivity contribution in [3.8, 4) is 0 Å². The summed E-state index contributed by atoms with van der Waals surface area (Å²) in [5, 5.41) is 18.7. The summed E-state index contributed by atoms with van der Waals surface area (Å²) in [6, 6.07) is 3.64. The van der Waals surface area contributed by atoms with Crippen molar-refractivity contribution in [3.05, 3.63) is 29.3 Å². The maximum absolute atomic E-state index is 12.6. The van der Waals surface area contributed by atoms with Gasteiger partial charge in [-0.15, -0.1) is 0 Å². The smallest absolute Gasteiger partial charge is 0.322 e. The van der Waals surface area contributed by atoms with Crippen LogP contribution in [-0.4, -0.2) is 47.6 Å². The molecule has 0 spiro atoms. The number of carboxylic acids is 1. The van der Waals surface area contributed by atoms with Gasteiger partial charge in [0, 0.05) is 13.0 Å². The zero-order valence-corrected chi connectivity index (χ0v) is 12.1. The van der Waals surface area contributed by atoms with Gasteiger partial charge in [0.15, 0.2) is 0 Å². The number of nitrogens with zero attached hydrogens (tertiary/aromatic N) is 1. The maximum atomic E-state index is 12.6. The Morgan fingerprint density at radius 1 is 1.25 bits per heavy atom. The molecule has 0 radical (unpaired) electrons. The van der Waals surface area contributed by atoms with Crippen molar-refractivity contribution in [3.63, 3.8) is 0 Å². The summed E-state index contributed by atoms with van der Waals surface area (Å²) in [5.41, 5.74) is 1.57. The van der Waals surface area contributed by atoms with Crippen molar-refractivity contribution in [2.45, 2.75) is 37.3 Å². The highest BCUT2D eigenvalue weighted by Crippen LogP contribution is 2.27. The zero-order chi connectivity index (χ0) is 15.1. The van der Waals surface area contributed by atoms with Crippen molar-refractivity contribution in [1.29, 1.82) is 0 Å². The van der Waals surface area contributed by atoms with E-state index in [1.807, 2.05) is 6.07 Å². The van der Waals surface area contributed by atoms with Crippen LogP contribution in [-0.2, 0) is 14.8 Å². The largest absolute Gasteiger partial charge is 0.480 e. The molecule has 0 saturated carbocycles. The average Bonchev–Trinajstić information content (AvgIpc) is 2.71. The summed E-state index contributed by atoms with van der Waals surface area (Å²) in [6.07, 6.45) is -1.03. The Labute approximate surface area is 117 Å². The molecule has 0 bridgehead atoms. The number of carboxylic acid groups (broad SMARTS) is 1. The highest BCUT2D eigenvalue weighted by molar-refractivity contribution is 7.89. The number of rotatable bonds is 3. The molecule has 20 heavy (non-hydrogen) atoms. The van der Waals surface area contributed by atoms with Gasteiger partial charge < -0.3 is 10.2 Å². The molecule has 1 aromatic carbocycles. The fourth-order valence-electron chi connectivity index (χ4n) is 2.49. The lowest BCUT2D eigenvalue weighted by atomic mass is 10.2. The van der Waals surface area contributed by atoms with Gasteiger partial charge in [-0.25, -0.2) is 8.42 Å². The highest BCUT2D eigenvalue weighted by Gasteiger charge is 2.43. The van der Waals surface area contributed by atoms with Crippen LogP contribution < -0.4 is 0 Å². The predicted molar refractivity (Wildman–Crippen MR) is 71.9 cm³/mol. The molecule has 2 rings (SSSR count). The van der Waals surface area contributed by atoms with Crippen LogP contribution in [0, 0.1) is 13.8 Å². The lowest BCUT2D eigenvalue weighted by molar-refractivity contribution is -0.140. The number of sulfonamides is 1. The standard InChI is InChI=1S/C13H17NO5S/c1-8-3-9(2)5-11(4-8)20(18,19)14-7-10(15)6-12(14)13(16)17/h3-5,10,12,15H,6-7H2,1-2H3,(H,16,17)/t10-,12-/m0/s1. The zero-order valence-electron chi connectivity index (χ0n) is 11.3. The fraction of sp³-hybridized carbons (Fsp3) is 0.462. The lowest BCUT2D eigenvalue weighted by Gasteiger charge is -2.21. The topological polar surface area (TPSA) is 94.9 Å². The minimum Gasteiger partial charge on any atom is -0.480 e. The second-order valence-corrected chi connectivity index (χ2v) is 7.03. The van der Waals surface area contributed by atoms with Gasteiger partial charge in [0.1, 0.15) is 6.04 Å². The molecule has 1 heterocycles. The van der Waals surface area contributed by atoms with E-state index < -0.39 is 28.1 Å². The van der Waals surface area contributed by atoms with Crippen LogP contribution >= 0.6 is 0 Å². The lowest BCUT2D eigenvalue weighted by Crippen LogP contribution is -2.40. The van der Waals surface area contributed by atoms with E-state index >= 15 is 0 Å². The summed E-state index contributed by atoms with van der Waals surface area (Å²) >= 11 is 0. The molecule has 1 aromatic rings. The number of aryl methyl sites for hydroxylation is 2. The molecular weight excluding hydrogens is 282 g/mol. The number of benzene rings is 1. The van der Waals surface area contributed by atoms with Crippen molar-refractivity contribution in [2.75, 3.05) is 6.54 Å². The van der Waals surface area contributed by atoms with Gasteiger partial charge in [0.05, 0.1) is 11.0 Å². The molecule has 1 fully saturated rings. The van der Waals surface area contributed by atoms with E-state index in [4.69, 9.17) is 5.11 Å². The molecule has 6 nitrogen and oxygen atoms in total. The van der Waals surface area contributed by atoms with Crippen LogP contribution in [0.2, 0.25) is 0 Å². The van der Waals surface area contributed by atoms with Crippen molar-refractivity contribution < 1.29 is 23.4 Å². The number of β-amino-alcohol motifs (C(OH)–C–C–N with tert-alkyl or cyclic N) is 1. The molecule has 1 aliphatic rings. The van der Waals surface area contributed by atoms with Gasteiger partial charge >= 0.3 is 5.97 Å². The van der Waals surface area contributed by atoms with E-state index in [0.29, 0.717) is 0 Å². The molecule has 110 valence electrons. The SMILES string of the molecule is Cc1cc(C)cc(S(=O)(=O)N2C[C@@H](O)C[C@H]2C(=O)O)c1. The summed E-state index contributed by atoms with van der Waals surface area (Å²) in [4.78, 5) is 11.2. The predicted octanol–water partition coefficient (Wildman–Crippen LogP) is 0.512. The number of carbonyl (C=O) groups is 1. The summed E-state index contributed by atoms with van der Waals surface area (Å²) in [5.74, 6) is -1.24. The van der Waals surface area contributed by atoms with Crippen molar-refractivity contribution in [2.24, 2.45) is 0 Å². The van der Waals surface area contributed by atoms with E-state index in [0.717, 1.165) is 15.4 Å². The first-order valence-electron chi connectivity index (χ1n) is 6.23. The number of aliphatic hydroxyl groups excluding tert-OH is 1. The molecule has 0 amide bonds.